The lowest BCUT2D eigenvalue weighted by Crippen LogP contribution is -2.18. The minimum absolute atomic E-state index is 0.0663. The summed E-state index contributed by atoms with van der Waals surface area (Å²) in [6.45, 7) is 0. The Balaban J connectivity index is 1.77. The van der Waals surface area contributed by atoms with E-state index in [9.17, 15) is 18.3 Å². The second-order valence-corrected chi connectivity index (χ2v) is 8.43. The Labute approximate surface area is 157 Å². The van der Waals surface area contributed by atoms with Gasteiger partial charge in [-0.15, -0.1) is 0 Å². The van der Waals surface area contributed by atoms with Gasteiger partial charge in [-0.2, -0.15) is 0 Å². The summed E-state index contributed by atoms with van der Waals surface area (Å²) < 4.78 is 28.3. The summed E-state index contributed by atoms with van der Waals surface area (Å²) in [5.41, 5.74) is 1.92. The lowest BCUT2D eigenvalue weighted by molar-refractivity contribution is 0.0696. The van der Waals surface area contributed by atoms with E-state index in [2.05, 4.69) is 4.72 Å². The van der Waals surface area contributed by atoms with E-state index in [1.54, 1.807) is 18.2 Å². The highest BCUT2D eigenvalue weighted by Crippen LogP contribution is 2.31. The Morgan fingerprint density at radius 3 is 2.44 bits per heavy atom. The topological polar surface area (TPSA) is 83.5 Å². The molecule has 1 aliphatic rings. The number of carboxylic acids is 1. The molecular formula is C21H19NO4S. The van der Waals surface area contributed by atoms with Crippen molar-refractivity contribution < 1.29 is 18.3 Å². The first-order chi connectivity index (χ1) is 13.0. The van der Waals surface area contributed by atoms with Crippen molar-refractivity contribution in [2.24, 2.45) is 0 Å². The molecule has 138 valence electrons. The summed E-state index contributed by atoms with van der Waals surface area (Å²) in [6.07, 6.45) is 3.41. The van der Waals surface area contributed by atoms with E-state index in [0.29, 0.717) is 6.42 Å². The molecule has 0 aliphatic heterocycles. The highest BCUT2D eigenvalue weighted by molar-refractivity contribution is 7.92. The molecule has 0 bridgehead atoms. The minimum atomic E-state index is -3.90. The minimum Gasteiger partial charge on any atom is -0.478 e. The van der Waals surface area contributed by atoms with Crippen LogP contribution in [0.1, 0.15) is 34.3 Å². The molecule has 5 nitrogen and oxygen atoms in total. The molecule has 0 saturated heterocycles. The first-order valence-corrected chi connectivity index (χ1v) is 10.3. The second-order valence-electron chi connectivity index (χ2n) is 6.75. The second kappa shape index (κ2) is 6.70. The van der Waals surface area contributed by atoms with E-state index in [1.807, 2.05) is 30.3 Å². The van der Waals surface area contributed by atoms with E-state index in [-0.39, 0.29) is 16.1 Å². The van der Waals surface area contributed by atoms with Crippen LogP contribution in [-0.2, 0) is 22.9 Å². The van der Waals surface area contributed by atoms with Gasteiger partial charge in [0.2, 0.25) is 0 Å². The summed E-state index contributed by atoms with van der Waals surface area (Å²) in [6, 6.07) is 15.8. The average Bonchev–Trinajstić information content (AvgIpc) is 2.66. The zero-order valence-corrected chi connectivity index (χ0v) is 15.4. The van der Waals surface area contributed by atoms with Crippen molar-refractivity contribution in [1.29, 1.82) is 0 Å². The number of nitrogens with one attached hydrogen (secondary N) is 1. The van der Waals surface area contributed by atoms with Gasteiger partial charge in [0.1, 0.15) is 0 Å². The molecule has 4 rings (SSSR count). The Morgan fingerprint density at radius 2 is 1.67 bits per heavy atom. The molecule has 0 aromatic heterocycles. The van der Waals surface area contributed by atoms with E-state index in [4.69, 9.17) is 0 Å². The number of aromatic carboxylic acids is 1. The first-order valence-electron chi connectivity index (χ1n) is 8.85. The Hall–Kier alpha value is -2.86. The summed E-state index contributed by atoms with van der Waals surface area (Å²) in [4.78, 5) is 12.0. The number of fused-ring (bicyclic) bond motifs is 2. The van der Waals surface area contributed by atoms with E-state index >= 15 is 0 Å². The van der Waals surface area contributed by atoms with E-state index in [1.165, 1.54) is 6.07 Å². The molecule has 2 N–H and O–H groups in total. The van der Waals surface area contributed by atoms with Gasteiger partial charge in [0.05, 0.1) is 16.1 Å². The summed E-state index contributed by atoms with van der Waals surface area (Å²) in [5.74, 6) is -1.11. The molecule has 0 atom stereocenters. The SMILES string of the molecule is O=C(O)c1c(NS(=O)(=O)c2ccc3ccccc3c2)ccc2c1CCCC2. The fourth-order valence-corrected chi connectivity index (χ4v) is 4.80. The average molecular weight is 381 g/mol. The predicted molar refractivity (Wildman–Crippen MR) is 105 cm³/mol. The summed E-state index contributed by atoms with van der Waals surface area (Å²) in [5, 5.41) is 11.4. The van der Waals surface area contributed by atoms with Gasteiger partial charge < -0.3 is 5.11 Å². The maximum atomic E-state index is 12.9. The van der Waals surface area contributed by atoms with Crippen LogP contribution in [0.15, 0.2) is 59.5 Å². The number of rotatable bonds is 4. The quantitative estimate of drug-likeness (QED) is 0.709. The maximum Gasteiger partial charge on any atom is 0.338 e. The summed E-state index contributed by atoms with van der Waals surface area (Å²) >= 11 is 0. The zero-order valence-electron chi connectivity index (χ0n) is 14.6. The third-order valence-electron chi connectivity index (χ3n) is 5.02. The van der Waals surface area contributed by atoms with Crippen molar-refractivity contribution in [3.05, 3.63) is 71.3 Å². The molecule has 27 heavy (non-hydrogen) atoms. The Morgan fingerprint density at radius 1 is 0.926 bits per heavy atom. The van der Waals surface area contributed by atoms with E-state index < -0.39 is 16.0 Å². The molecule has 0 unspecified atom stereocenters. The molecule has 0 spiro atoms. The number of carboxylic acid groups (broad SMARTS) is 1. The molecule has 0 heterocycles. The van der Waals surface area contributed by atoms with Crippen LogP contribution in [0.2, 0.25) is 0 Å². The first kappa shape index (κ1) is 17.5. The maximum absolute atomic E-state index is 12.9. The zero-order chi connectivity index (χ0) is 19.0. The van der Waals surface area contributed by atoms with Crippen molar-refractivity contribution in [2.45, 2.75) is 30.6 Å². The van der Waals surface area contributed by atoms with Gasteiger partial charge in [-0.1, -0.05) is 36.4 Å². The molecule has 3 aromatic rings. The highest BCUT2D eigenvalue weighted by atomic mass is 32.2. The molecule has 0 amide bonds. The van der Waals surface area contributed by atoms with Gasteiger partial charge in [0.15, 0.2) is 0 Å². The number of anilines is 1. The lowest BCUT2D eigenvalue weighted by atomic mass is 9.87. The number of sulfonamides is 1. The van der Waals surface area contributed by atoms with Gasteiger partial charge in [0, 0.05) is 0 Å². The lowest BCUT2D eigenvalue weighted by Gasteiger charge is -2.20. The summed E-state index contributed by atoms with van der Waals surface area (Å²) in [7, 11) is -3.90. The van der Waals surface area contributed by atoms with Crippen molar-refractivity contribution in [2.75, 3.05) is 4.72 Å². The number of hydrogen-bond acceptors (Lipinski definition) is 3. The Kier molecular flexibility index (Phi) is 4.36. The van der Waals surface area contributed by atoms with Gasteiger partial charge in [-0.05, 0) is 65.8 Å². The smallest absolute Gasteiger partial charge is 0.338 e. The largest absolute Gasteiger partial charge is 0.478 e. The molecular weight excluding hydrogens is 362 g/mol. The van der Waals surface area contributed by atoms with Crippen LogP contribution in [-0.4, -0.2) is 19.5 Å². The third-order valence-corrected chi connectivity index (χ3v) is 6.39. The van der Waals surface area contributed by atoms with Crippen LogP contribution in [0.4, 0.5) is 5.69 Å². The standard InChI is InChI=1S/C21H19NO4S/c23-21(24)20-18-8-4-3-6-15(18)10-12-19(20)22-27(25,26)17-11-9-14-5-1-2-7-16(14)13-17/h1-2,5,7,9-13,22H,3-4,6,8H2,(H,23,24). The van der Waals surface area contributed by atoms with Crippen LogP contribution >= 0.6 is 0 Å². The molecule has 6 heteroatoms. The van der Waals surface area contributed by atoms with Gasteiger partial charge >= 0.3 is 5.97 Å². The Bertz CT molecular complexity index is 1150. The number of aryl methyl sites for hydroxylation is 1. The number of benzene rings is 3. The highest BCUT2D eigenvalue weighted by Gasteiger charge is 2.24. The van der Waals surface area contributed by atoms with Crippen LogP contribution in [0.5, 0.6) is 0 Å². The normalized spacial score (nSPS) is 13.9. The van der Waals surface area contributed by atoms with Gasteiger partial charge in [-0.25, -0.2) is 13.2 Å². The molecule has 0 radical (unpaired) electrons. The van der Waals surface area contributed by atoms with Crippen molar-refractivity contribution in [3.8, 4) is 0 Å². The van der Waals surface area contributed by atoms with Crippen molar-refractivity contribution in [3.63, 3.8) is 0 Å². The third kappa shape index (κ3) is 3.28. The van der Waals surface area contributed by atoms with Crippen molar-refractivity contribution >= 4 is 32.5 Å². The molecule has 1 aliphatic carbocycles. The van der Waals surface area contributed by atoms with Crippen LogP contribution < -0.4 is 4.72 Å². The number of hydrogen-bond donors (Lipinski definition) is 2. The molecule has 0 saturated carbocycles. The van der Waals surface area contributed by atoms with Crippen LogP contribution in [0, 0.1) is 0 Å². The fourth-order valence-electron chi connectivity index (χ4n) is 3.70. The van der Waals surface area contributed by atoms with Gasteiger partial charge in [-0.3, -0.25) is 4.72 Å². The van der Waals surface area contributed by atoms with Crippen LogP contribution in [0.3, 0.4) is 0 Å². The predicted octanol–water partition coefficient (Wildman–Crippen LogP) is 4.22. The monoisotopic (exact) mass is 381 g/mol. The van der Waals surface area contributed by atoms with Crippen molar-refractivity contribution in [1.82, 2.24) is 0 Å². The molecule has 3 aromatic carbocycles. The fraction of sp³-hybridized carbons (Fsp3) is 0.190. The molecule has 0 fully saturated rings. The van der Waals surface area contributed by atoms with Gasteiger partial charge in [0.25, 0.3) is 10.0 Å². The number of carbonyl (C=O) groups is 1. The van der Waals surface area contributed by atoms with E-state index in [0.717, 1.165) is 41.2 Å². The van der Waals surface area contributed by atoms with Crippen LogP contribution in [0.25, 0.3) is 10.8 Å².